The van der Waals surface area contributed by atoms with E-state index in [0.29, 0.717) is 11.5 Å². The predicted molar refractivity (Wildman–Crippen MR) is 73.7 cm³/mol. The molecular weight excluding hydrogens is 249 g/mol. The van der Waals surface area contributed by atoms with Gasteiger partial charge in [0.2, 0.25) is 0 Å². The van der Waals surface area contributed by atoms with Crippen LogP contribution in [0, 0.1) is 0 Å². The zero-order valence-electron chi connectivity index (χ0n) is 10.9. The van der Waals surface area contributed by atoms with E-state index in [0.717, 1.165) is 18.4 Å². The van der Waals surface area contributed by atoms with Crippen molar-refractivity contribution < 1.29 is 14.4 Å². The normalized spacial score (nSPS) is 18.4. The Bertz CT molecular complexity index is 394. The molecule has 1 unspecified atom stereocenters. The van der Waals surface area contributed by atoms with Crippen molar-refractivity contribution in [1.82, 2.24) is 4.67 Å². The Morgan fingerprint density at radius 1 is 1.06 bits per heavy atom. The van der Waals surface area contributed by atoms with Crippen LogP contribution < -0.4 is 14.8 Å². The van der Waals surface area contributed by atoms with Gasteiger partial charge in [-0.05, 0) is 31.0 Å². The number of ether oxygens (including phenoxy) is 2. The van der Waals surface area contributed by atoms with Gasteiger partial charge in [-0.3, -0.25) is 4.67 Å². The molecule has 1 aliphatic rings. The topological polar surface area (TPSA) is 41.9 Å². The molecule has 1 aromatic carbocycles. The summed E-state index contributed by atoms with van der Waals surface area (Å²) in [6.45, 7) is 1.97. The predicted octanol–water partition coefficient (Wildman–Crippen LogP) is 2.12. The summed E-state index contributed by atoms with van der Waals surface area (Å²) in [7, 11) is 1.99. The van der Waals surface area contributed by atoms with E-state index in [9.17, 15) is 4.89 Å². The zero-order valence-corrected chi connectivity index (χ0v) is 11.8. The number of hydrogen-bond donors (Lipinski definition) is 1. The third-order valence-corrected chi connectivity index (χ3v) is 4.87. The van der Waals surface area contributed by atoms with Crippen molar-refractivity contribution in [2.24, 2.45) is 0 Å². The fourth-order valence-electron chi connectivity index (χ4n) is 2.18. The lowest BCUT2D eigenvalue weighted by Crippen LogP contribution is -2.28. The van der Waals surface area contributed by atoms with Gasteiger partial charge in [-0.25, -0.2) is 0 Å². The van der Waals surface area contributed by atoms with Crippen LogP contribution in [-0.4, -0.2) is 36.9 Å². The highest BCUT2D eigenvalue weighted by molar-refractivity contribution is 7.57. The Morgan fingerprint density at radius 2 is 1.72 bits per heavy atom. The summed E-state index contributed by atoms with van der Waals surface area (Å²) in [6.07, 6.45) is 3.62. The lowest BCUT2D eigenvalue weighted by atomic mass is 10.2. The Labute approximate surface area is 109 Å². The monoisotopic (exact) mass is 269 g/mol. The van der Waals surface area contributed by atoms with Crippen LogP contribution in [0.3, 0.4) is 0 Å². The third-order valence-electron chi connectivity index (χ3n) is 3.20. The molecule has 1 fully saturated rings. The van der Waals surface area contributed by atoms with Crippen molar-refractivity contribution in [2.75, 3.05) is 27.3 Å². The molecule has 0 saturated carbocycles. The molecule has 0 aliphatic carbocycles. The molecular formula is C13H20NO3P. The summed E-state index contributed by atoms with van der Waals surface area (Å²) in [6, 6.07) is 5.64. The molecule has 1 saturated heterocycles. The molecule has 5 heteroatoms. The number of rotatable bonds is 4. The van der Waals surface area contributed by atoms with Crippen molar-refractivity contribution in [3.8, 4) is 11.5 Å². The van der Waals surface area contributed by atoms with E-state index in [2.05, 4.69) is 4.67 Å². The quantitative estimate of drug-likeness (QED) is 0.850. The molecule has 1 heterocycles. The first-order valence-electron chi connectivity index (χ1n) is 6.22. The highest BCUT2D eigenvalue weighted by Gasteiger charge is 2.21. The van der Waals surface area contributed by atoms with Gasteiger partial charge in [0.25, 0.3) is 0 Å². The second-order valence-corrected chi connectivity index (χ2v) is 6.00. The van der Waals surface area contributed by atoms with Crippen LogP contribution in [-0.2, 0) is 0 Å². The van der Waals surface area contributed by atoms with Gasteiger partial charge in [-0.15, -0.1) is 0 Å². The SMILES string of the molecule is COc1ccc(P(O)N2CCCCC2)cc1OC. The number of benzene rings is 1. The average molecular weight is 269 g/mol. The molecule has 1 aliphatic heterocycles. The van der Waals surface area contributed by atoms with E-state index < -0.39 is 8.30 Å². The maximum atomic E-state index is 10.4. The minimum absolute atomic E-state index is 0.675. The highest BCUT2D eigenvalue weighted by Crippen LogP contribution is 2.39. The van der Waals surface area contributed by atoms with Crippen LogP contribution in [0.2, 0.25) is 0 Å². The number of methoxy groups -OCH3 is 2. The van der Waals surface area contributed by atoms with Crippen LogP contribution >= 0.6 is 8.30 Å². The van der Waals surface area contributed by atoms with Gasteiger partial charge >= 0.3 is 0 Å². The smallest absolute Gasteiger partial charge is 0.161 e. The number of nitrogens with zero attached hydrogens (tertiary/aromatic N) is 1. The molecule has 0 aromatic heterocycles. The Balaban J connectivity index is 2.16. The molecule has 18 heavy (non-hydrogen) atoms. The maximum Gasteiger partial charge on any atom is 0.161 e. The molecule has 1 N–H and O–H groups in total. The molecule has 2 rings (SSSR count). The molecule has 0 spiro atoms. The number of hydrogen-bond acceptors (Lipinski definition) is 4. The molecule has 0 amide bonds. The third kappa shape index (κ3) is 2.94. The van der Waals surface area contributed by atoms with Crippen molar-refractivity contribution in [3.63, 3.8) is 0 Å². The van der Waals surface area contributed by atoms with Crippen molar-refractivity contribution in [1.29, 1.82) is 0 Å². The van der Waals surface area contributed by atoms with Crippen molar-refractivity contribution in [3.05, 3.63) is 18.2 Å². The second kappa shape index (κ2) is 6.37. The van der Waals surface area contributed by atoms with Crippen LogP contribution in [0.4, 0.5) is 0 Å². The lowest BCUT2D eigenvalue weighted by molar-refractivity contribution is 0.345. The standard InChI is InChI=1S/C13H20NO3P/c1-16-12-7-6-11(10-13(12)17-2)18(15)14-8-4-3-5-9-14/h6-7,10,15H,3-5,8-9H2,1-2H3. The summed E-state index contributed by atoms with van der Waals surface area (Å²) in [5, 5.41) is 0.921. The van der Waals surface area contributed by atoms with Crippen LogP contribution in [0.5, 0.6) is 11.5 Å². The Kier molecular flexibility index (Phi) is 4.81. The van der Waals surface area contributed by atoms with Gasteiger partial charge in [0, 0.05) is 18.4 Å². The van der Waals surface area contributed by atoms with Crippen LogP contribution in [0.1, 0.15) is 19.3 Å². The van der Waals surface area contributed by atoms with Crippen molar-refractivity contribution >= 4 is 13.6 Å². The van der Waals surface area contributed by atoms with Crippen LogP contribution in [0.15, 0.2) is 18.2 Å². The molecule has 0 radical (unpaired) electrons. The van der Waals surface area contributed by atoms with E-state index in [1.807, 2.05) is 18.2 Å². The Morgan fingerprint density at radius 3 is 2.33 bits per heavy atom. The van der Waals surface area contributed by atoms with Crippen molar-refractivity contribution in [2.45, 2.75) is 19.3 Å². The maximum absolute atomic E-state index is 10.4. The van der Waals surface area contributed by atoms with Crippen LogP contribution in [0.25, 0.3) is 0 Å². The molecule has 1 atom stereocenters. The van der Waals surface area contributed by atoms with E-state index in [1.165, 1.54) is 19.3 Å². The minimum atomic E-state index is -1.24. The molecule has 0 bridgehead atoms. The summed E-state index contributed by atoms with van der Waals surface area (Å²) >= 11 is 0. The van der Waals surface area contributed by atoms with Gasteiger partial charge in [0.05, 0.1) is 14.2 Å². The summed E-state index contributed by atoms with van der Waals surface area (Å²) in [4.78, 5) is 10.4. The van der Waals surface area contributed by atoms with E-state index in [-0.39, 0.29) is 0 Å². The fraction of sp³-hybridized carbons (Fsp3) is 0.538. The van der Waals surface area contributed by atoms with Gasteiger partial charge in [0.15, 0.2) is 11.5 Å². The van der Waals surface area contributed by atoms with Gasteiger partial charge in [0.1, 0.15) is 8.30 Å². The summed E-state index contributed by atoms with van der Waals surface area (Å²) in [5.41, 5.74) is 0. The first-order chi connectivity index (χ1) is 8.76. The van der Waals surface area contributed by atoms with E-state index >= 15 is 0 Å². The number of piperidine rings is 1. The molecule has 1 aromatic rings. The molecule has 4 nitrogen and oxygen atoms in total. The summed E-state index contributed by atoms with van der Waals surface area (Å²) < 4.78 is 12.6. The first-order valence-corrected chi connectivity index (χ1v) is 7.47. The largest absolute Gasteiger partial charge is 0.493 e. The second-order valence-electron chi connectivity index (χ2n) is 4.34. The first kappa shape index (κ1) is 13.6. The minimum Gasteiger partial charge on any atom is -0.493 e. The Hall–Kier alpha value is -0.830. The van der Waals surface area contributed by atoms with Gasteiger partial charge in [-0.1, -0.05) is 6.42 Å². The zero-order chi connectivity index (χ0) is 13.0. The fourth-order valence-corrected chi connectivity index (χ4v) is 3.61. The lowest BCUT2D eigenvalue weighted by Gasteiger charge is -2.30. The van der Waals surface area contributed by atoms with Gasteiger partial charge in [-0.2, -0.15) is 0 Å². The average Bonchev–Trinajstić information content (AvgIpc) is 2.46. The van der Waals surface area contributed by atoms with E-state index in [4.69, 9.17) is 9.47 Å². The molecule has 100 valence electrons. The van der Waals surface area contributed by atoms with E-state index in [1.54, 1.807) is 14.2 Å². The highest BCUT2D eigenvalue weighted by atomic mass is 31.2. The van der Waals surface area contributed by atoms with Gasteiger partial charge < -0.3 is 14.4 Å². The summed E-state index contributed by atoms with van der Waals surface area (Å²) in [5.74, 6) is 1.37.